The smallest absolute Gasteiger partial charge is 0.402 e. The topological polar surface area (TPSA) is 73.5 Å². The predicted molar refractivity (Wildman–Crippen MR) is 26.4 cm³/mol. The molecule has 0 aliphatic rings. The molecule has 5 heteroatoms. The molecule has 0 saturated heterocycles. The molecule has 44 valence electrons. The zero-order valence-electron chi connectivity index (χ0n) is 4.24. The highest BCUT2D eigenvalue weighted by Gasteiger charge is 2.05. The summed E-state index contributed by atoms with van der Waals surface area (Å²) in [6.07, 6.45) is 0.178. The van der Waals surface area contributed by atoms with Crippen LogP contribution in [0.15, 0.2) is 0 Å². The van der Waals surface area contributed by atoms with Gasteiger partial charge in [-0.1, -0.05) is 0 Å². The molecule has 0 amide bonds. The van der Waals surface area contributed by atoms with Crippen LogP contribution in [0.25, 0.3) is 0 Å². The minimum Gasteiger partial charge on any atom is -0.402 e. The van der Waals surface area contributed by atoms with Crippen LogP contribution < -0.4 is 0 Å². The molecule has 0 spiro atoms. The van der Waals surface area contributed by atoms with Crippen LogP contribution in [0.3, 0.4) is 0 Å². The summed E-state index contributed by atoms with van der Waals surface area (Å²) in [5, 5.41) is 23.9. The maximum absolute atomic E-state index is 8.00. The normalized spacial score (nSPS) is 8.12. The van der Waals surface area contributed by atoms with Crippen molar-refractivity contribution in [2.45, 2.75) is 6.42 Å². The molecule has 0 fully saturated rings. The highest BCUT2D eigenvalue weighted by atomic mass is 16.6. The summed E-state index contributed by atoms with van der Waals surface area (Å²) in [4.78, 5) is 0. The van der Waals surface area contributed by atoms with E-state index in [9.17, 15) is 0 Å². The summed E-state index contributed by atoms with van der Waals surface area (Å²) in [6.45, 7) is 0.0637. The third-order valence-corrected chi connectivity index (χ3v) is 0.481. The lowest BCUT2D eigenvalue weighted by molar-refractivity contribution is 0.190. The van der Waals surface area contributed by atoms with Crippen molar-refractivity contribution in [2.24, 2.45) is 0 Å². The van der Waals surface area contributed by atoms with E-state index in [1.807, 2.05) is 0 Å². The van der Waals surface area contributed by atoms with Crippen LogP contribution in [0.1, 0.15) is 6.42 Å². The Kier molecular flexibility index (Phi) is 4.27. The van der Waals surface area contributed by atoms with Gasteiger partial charge in [-0.2, -0.15) is 5.26 Å². The largest absolute Gasteiger partial charge is 0.633 e. The van der Waals surface area contributed by atoms with Crippen molar-refractivity contribution in [3.05, 3.63) is 0 Å². The highest BCUT2D eigenvalue weighted by molar-refractivity contribution is 6.32. The fourth-order valence-corrected chi connectivity index (χ4v) is 0.210. The standard InChI is InChI=1S/C3H6BNO3/c5-2-1-3-8-4(6)7/h6-7H,1,3H2. The number of rotatable bonds is 3. The Balaban J connectivity index is 2.85. The molecular weight excluding hydrogens is 109 g/mol. The molecule has 2 N–H and O–H groups in total. The summed E-state index contributed by atoms with van der Waals surface area (Å²) < 4.78 is 4.17. The molecule has 0 aliphatic heterocycles. The van der Waals surface area contributed by atoms with Gasteiger partial charge >= 0.3 is 7.32 Å². The first-order valence-electron chi connectivity index (χ1n) is 2.12. The van der Waals surface area contributed by atoms with Crippen molar-refractivity contribution in [1.29, 1.82) is 5.26 Å². The molecule has 4 nitrogen and oxygen atoms in total. The van der Waals surface area contributed by atoms with E-state index < -0.39 is 7.32 Å². The van der Waals surface area contributed by atoms with E-state index in [2.05, 4.69) is 4.65 Å². The maximum Gasteiger partial charge on any atom is 0.633 e. The summed E-state index contributed by atoms with van der Waals surface area (Å²) in [7, 11) is -1.75. The van der Waals surface area contributed by atoms with Crippen molar-refractivity contribution in [3.8, 4) is 6.07 Å². The van der Waals surface area contributed by atoms with Gasteiger partial charge in [0.25, 0.3) is 0 Å². The zero-order chi connectivity index (χ0) is 6.41. The van der Waals surface area contributed by atoms with E-state index in [-0.39, 0.29) is 13.0 Å². The molecular formula is C3H6BNO3. The summed E-state index contributed by atoms with van der Waals surface area (Å²) >= 11 is 0. The average molecular weight is 115 g/mol. The number of nitrogens with zero attached hydrogens (tertiary/aromatic N) is 1. The van der Waals surface area contributed by atoms with E-state index in [4.69, 9.17) is 15.3 Å². The third-order valence-electron chi connectivity index (χ3n) is 0.481. The first kappa shape index (κ1) is 7.43. The van der Waals surface area contributed by atoms with Gasteiger partial charge in [-0.05, 0) is 0 Å². The van der Waals surface area contributed by atoms with Gasteiger partial charge < -0.3 is 14.7 Å². The monoisotopic (exact) mass is 115 g/mol. The molecule has 0 aliphatic carbocycles. The molecule has 0 aromatic rings. The summed E-state index contributed by atoms with van der Waals surface area (Å²) in [5.74, 6) is 0. The Morgan fingerprint density at radius 2 is 2.25 bits per heavy atom. The minimum atomic E-state index is -1.75. The van der Waals surface area contributed by atoms with Gasteiger partial charge in [-0.25, -0.2) is 0 Å². The second kappa shape index (κ2) is 4.59. The highest BCUT2D eigenvalue weighted by Crippen LogP contribution is 1.78. The molecule has 0 radical (unpaired) electrons. The van der Waals surface area contributed by atoms with Crippen molar-refractivity contribution in [2.75, 3.05) is 6.61 Å². The zero-order valence-corrected chi connectivity index (χ0v) is 4.24. The third kappa shape index (κ3) is 5.43. The summed E-state index contributed by atoms with van der Waals surface area (Å²) in [6, 6.07) is 1.78. The van der Waals surface area contributed by atoms with Crippen LogP contribution in [0.4, 0.5) is 0 Å². The predicted octanol–water partition coefficient (Wildman–Crippen LogP) is -1.11. The van der Waals surface area contributed by atoms with Crippen molar-refractivity contribution >= 4 is 7.32 Å². The van der Waals surface area contributed by atoms with Gasteiger partial charge in [0.2, 0.25) is 0 Å². The van der Waals surface area contributed by atoms with Crippen LogP contribution >= 0.6 is 0 Å². The van der Waals surface area contributed by atoms with E-state index in [1.165, 1.54) is 0 Å². The second-order valence-corrected chi connectivity index (χ2v) is 1.11. The van der Waals surface area contributed by atoms with Gasteiger partial charge in [-0.15, -0.1) is 0 Å². The lowest BCUT2D eigenvalue weighted by atomic mass is 10.2. The molecule has 0 atom stereocenters. The van der Waals surface area contributed by atoms with Gasteiger partial charge in [-0.3, -0.25) is 0 Å². The van der Waals surface area contributed by atoms with Crippen molar-refractivity contribution in [3.63, 3.8) is 0 Å². The first-order chi connectivity index (χ1) is 3.77. The van der Waals surface area contributed by atoms with Gasteiger partial charge in [0, 0.05) is 6.61 Å². The van der Waals surface area contributed by atoms with E-state index in [1.54, 1.807) is 6.07 Å². The quantitative estimate of drug-likeness (QED) is 0.361. The molecule has 0 bridgehead atoms. The Hall–Kier alpha value is -0.565. The Bertz CT molecular complexity index is 89.0. The summed E-state index contributed by atoms with van der Waals surface area (Å²) in [5.41, 5.74) is 0. The van der Waals surface area contributed by atoms with Crippen LogP contribution in [0, 0.1) is 11.3 Å². The van der Waals surface area contributed by atoms with Crippen molar-refractivity contribution < 1.29 is 14.7 Å². The number of hydrogen-bond acceptors (Lipinski definition) is 4. The van der Waals surface area contributed by atoms with Crippen LogP contribution in [0.5, 0.6) is 0 Å². The minimum absolute atomic E-state index is 0.0637. The second-order valence-electron chi connectivity index (χ2n) is 1.11. The molecule has 0 unspecified atom stereocenters. The molecule has 0 saturated carbocycles. The molecule has 0 rings (SSSR count). The molecule has 0 heterocycles. The SMILES string of the molecule is N#CCCOB(O)O. The van der Waals surface area contributed by atoms with Crippen LogP contribution in [0.2, 0.25) is 0 Å². The van der Waals surface area contributed by atoms with E-state index in [0.29, 0.717) is 0 Å². The van der Waals surface area contributed by atoms with Gasteiger partial charge in [0.1, 0.15) is 0 Å². The van der Waals surface area contributed by atoms with Gasteiger partial charge in [0.15, 0.2) is 0 Å². The maximum atomic E-state index is 8.00. The Labute approximate surface area is 47.5 Å². The number of nitriles is 1. The van der Waals surface area contributed by atoms with E-state index >= 15 is 0 Å². The van der Waals surface area contributed by atoms with Crippen LogP contribution in [-0.4, -0.2) is 24.0 Å². The average Bonchev–Trinajstić information content (AvgIpc) is 1.66. The Morgan fingerprint density at radius 1 is 1.62 bits per heavy atom. The fourth-order valence-electron chi connectivity index (χ4n) is 0.210. The lowest BCUT2D eigenvalue weighted by Crippen LogP contribution is -2.17. The van der Waals surface area contributed by atoms with E-state index in [0.717, 1.165) is 0 Å². The first-order valence-corrected chi connectivity index (χ1v) is 2.12. The van der Waals surface area contributed by atoms with Gasteiger partial charge in [0.05, 0.1) is 12.5 Å². The molecule has 8 heavy (non-hydrogen) atoms. The Morgan fingerprint density at radius 3 is 2.62 bits per heavy atom. The van der Waals surface area contributed by atoms with Crippen molar-refractivity contribution in [1.82, 2.24) is 0 Å². The van der Waals surface area contributed by atoms with Crippen LogP contribution in [-0.2, 0) is 4.65 Å². The molecule has 0 aromatic heterocycles. The molecule has 0 aromatic carbocycles. The lowest BCUT2D eigenvalue weighted by Gasteiger charge is -1.94. The fraction of sp³-hybridized carbons (Fsp3) is 0.667. The number of hydrogen-bond donors (Lipinski definition) is 2.